The Bertz CT molecular complexity index is 888. The van der Waals surface area contributed by atoms with Crippen LogP contribution in [-0.2, 0) is 29.2 Å². The van der Waals surface area contributed by atoms with Crippen molar-refractivity contribution in [1.29, 1.82) is 0 Å². The first kappa shape index (κ1) is 21.2. The molecule has 0 saturated carbocycles. The molecule has 30 heavy (non-hydrogen) atoms. The summed E-state index contributed by atoms with van der Waals surface area (Å²) in [7, 11) is 0. The van der Waals surface area contributed by atoms with Crippen LogP contribution in [0.25, 0.3) is 0 Å². The highest BCUT2D eigenvalue weighted by Gasteiger charge is 2.05. The molecule has 0 aliphatic carbocycles. The van der Waals surface area contributed by atoms with Crippen molar-refractivity contribution < 1.29 is 19.0 Å². The SMILES string of the molecule is CCOC(=O)/C=C/Cc1cc(OCc2ccccc2)cc(OCc2ccccc2)c1. The number of ether oxygens (including phenoxy) is 3. The van der Waals surface area contributed by atoms with Gasteiger partial charge in [0.1, 0.15) is 24.7 Å². The average Bonchev–Trinajstić information content (AvgIpc) is 2.78. The van der Waals surface area contributed by atoms with Gasteiger partial charge in [-0.3, -0.25) is 0 Å². The smallest absolute Gasteiger partial charge is 0.330 e. The number of benzene rings is 3. The largest absolute Gasteiger partial charge is 0.489 e. The fraction of sp³-hybridized carbons (Fsp3) is 0.192. The molecular formula is C26H26O4. The summed E-state index contributed by atoms with van der Waals surface area (Å²) < 4.78 is 16.9. The molecule has 0 aliphatic heterocycles. The number of esters is 1. The predicted octanol–water partition coefficient (Wildman–Crippen LogP) is 5.51. The van der Waals surface area contributed by atoms with Gasteiger partial charge < -0.3 is 14.2 Å². The van der Waals surface area contributed by atoms with Crippen molar-refractivity contribution in [3.63, 3.8) is 0 Å². The van der Waals surface area contributed by atoms with Crippen LogP contribution in [0.5, 0.6) is 11.5 Å². The molecule has 0 fully saturated rings. The van der Waals surface area contributed by atoms with Gasteiger partial charge in [0.15, 0.2) is 0 Å². The van der Waals surface area contributed by atoms with E-state index in [-0.39, 0.29) is 5.97 Å². The van der Waals surface area contributed by atoms with Crippen molar-refractivity contribution in [2.75, 3.05) is 6.61 Å². The first-order valence-corrected chi connectivity index (χ1v) is 10.0. The highest BCUT2D eigenvalue weighted by Crippen LogP contribution is 2.25. The van der Waals surface area contributed by atoms with E-state index in [0.29, 0.717) is 26.2 Å². The molecule has 3 rings (SSSR count). The summed E-state index contributed by atoms with van der Waals surface area (Å²) in [5.41, 5.74) is 3.18. The molecule has 0 amide bonds. The molecule has 4 heteroatoms. The van der Waals surface area contributed by atoms with Gasteiger partial charge >= 0.3 is 5.97 Å². The summed E-state index contributed by atoms with van der Waals surface area (Å²) in [5.74, 6) is 1.11. The topological polar surface area (TPSA) is 44.8 Å². The van der Waals surface area contributed by atoms with Gasteiger partial charge in [-0.1, -0.05) is 66.7 Å². The number of carbonyl (C=O) groups is 1. The van der Waals surface area contributed by atoms with E-state index in [2.05, 4.69) is 0 Å². The van der Waals surface area contributed by atoms with Gasteiger partial charge in [0.2, 0.25) is 0 Å². The van der Waals surface area contributed by atoms with Crippen LogP contribution in [0.4, 0.5) is 0 Å². The summed E-state index contributed by atoms with van der Waals surface area (Å²) in [5, 5.41) is 0. The number of hydrogen-bond acceptors (Lipinski definition) is 4. The van der Waals surface area contributed by atoms with Gasteiger partial charge in [-0.15, -0.1) is 0 Å². The van der Waals surface area contributed by atoms with Crippen molar-refractivity contribution >= 4 is 5.97 Å². The minimum atomic E-state index is -0.338. The minimum absolute atomic E-state index is 0.338. The van der Waals surface area contributed by atoms with E-state index in [1.807, 2.05) is 78.9 Å². The molecule has 3 aromatic carbocycles. The van der Waals surface area contributed by atoms with Crippen LogP contribution in [0.15, 0.2) is 91.0 Å². The van der Waals surface area contributed by atoms with Crippen LogP contribution in [0, 0.1) is 0 Å². The van der Waals surface area contributed by atoms with Gasteiger partial charge in [0.05, 0.1) is 6.61 Å². The number of carbonyl (C=O) groups excluding carboxylic acids is 1. The van der Waals surface area contributed by atoms with E-state index in [1.165, 1.54) is 6.08 Å². The van der Waals surface area contributed by atoms with Gasteiger partial charge in [0.25, 0.3) is 0 Å². The van der Waals surface area contributed by atoms with Crippen molar-refractivity contribution in [2.24, 2.45) is 0 Å². The molecule has 4 nitrogen and oxygen atoms in total. The van der Waals surface area contributed by atoms with Crippen LogP contribution in [0.2, 0.25) is 0 Å². The third kappa shape index (κ3) is 7.13. The van der Waals surface area contributed by atoms with E-state index in [1.54, 1.807) is 13.0 Å². The number of rotatable bonds is 10. The minimum Gasteiger partial charge on any atom is -0.489 e. The summed E-state index contributed by atoms with van der Waals surface area (Å²) in [6, 6.07) is 25.9. The lowest BCUT2D eigenvalue weighted by Crippen LogP contribution is -2.00. The van der Waals surface area contributed by atoms with E-state index in [4.69, 9.17) is 14.2 Å². The zero-order chi connectivity index (χ0) is 21.0. The first-order valence-electron chi connectivity index (χ1n) is 10.0. The molecule has 0 unspecified atom stereocenters. The van der Waals surface area contributed by atoms with Crippen molar-refractivity contribution in [3.05, 3.63) is 108 Å². The van der Waals surface area contributed by atoms with Crippen molar-refractivity contribution in [3.8, 4) is 11.5 Å². The zero-order valence-corrected chi connectivity index (χ0v) is 17.1. The second kappa shape index (κ2) is 11.5. The molecule has 0 aromatic heterocycles. The maximum Gasteiger partial charge on any atom is 0.330 e. The van der Waals surface area contributed by atoms with Crippen LogP contribution in [0.3, 0.4) is 0 Å². The predicted molar refractivity (Wildman–Crippen MR) is 117 cm³/mol. The first-order chi connectivity index (χ1) is 14.7. The molecule has 0 heterocycles. The highest BCUT2D eigenvalue weighted by atomic mass is 16.5. The van der Waals surface area contributed by atoms with Crippen molar-refractivity contribution in [1.82, 2.24) is 0 Å². The Morgan fingerprint density at radius 1 is 0.767 bits per heavy atom. The molecule has 0 atom stereocenters. The molecule has 0 saturated heterocycles. The fourth-order valence-corrected chi connectivity index (χ4v) is 2.88. The highest BCUT2D eigenvalue weighted by molar-refractivity contribution is 5.81. The van der Waals surface area contributed by atoms with Crippen LogP contribution < -0.4 is 9.47 Å². The maximum absolute atomic E-state index is 11.5. The summed E-state index contributed by atoms with van der Waals surface area (Å²) in [6.45, 7) is 3.10. The Kier molecular flexibility index (Phi) is 8.10. The lowest BCUT2D eigenvalue weighted by atomic mass is 10.1. The molecular weight excluding hydrogens is 376 g/mol. The zero-order valence-electron chi connectivity index (χ0n) is 17.1. The molecule has 0 spiro atoms. The molecule has 0 aliphatic rings. The van der Waals surface area contributed by atoms with E-state index < -0.39 is 0 Å². The van der Waals surface area contributed by atoms with Crippen molar-refractivity contribution in [2.45, 2.75) is 26.6 Å². The Morgan fingerprint density at radius 2 is 1.30 bits per heavy atom. The van der Waals surface area contributed by atoms with Gasteiger partial charge in [-0.25, -0.2) is 4.79 Å². The molecule has 154 valence electrons. The lowest BCUT2D eigenvalue weighted by Gasteiger charge is -2.12. The second-order valence-electron chi connectivity index (χ2n) is 6.72. The maximum atomic E-state index is 11.5. The third-order valence-corrected chi connectivity index (χ3v) is 4.33. The Labute approximate surface area is 177 Å². The quantitative estimate of drug-likeness (QED) is 0.331. The van der Waals surface area contributed by atoms with Gasteiger partial charge in [0, 0.05) is 12.1 Å². The fourth-order valence-electron chi connectivity index (χ4n) is 2.88. The van der Waals surface area contributed by atoms with E-state index in [0.717, 1.165) is 28.2 Å². The monoisotopic (exact) mass is 402 g/mol. The molecule has 3 aromatic rings. The average molecular weight is 402 g/mol. The normalized spacial score (nSPS) is 10.7. The summed E-state index contributed by atoms with van der Waals surface area (Å²) >= 11 is 0. The van der Waals surface area contributed by atoms with Gasteiger partial charge in [-0.05, 0) is 42.2 Å². The van der Waals surface area contributed by atoms with E-state index >= 15 is 0 Å². The third-order valence-electron chi connectivity index (χ3n) is 4.33. The van der Waals surface area contributed by atoms with Crippen LogP contribution >= 0.6 is 0 Å². The standard InChI is InChI=1S/C26H26O4/c1-2-28-26(27)15-9-14-23-16-24(29-19-21-10-5-3-6-11-21)18-25(17-23)30-20-22-12-7-4-8-13-22/h3-13,15-18H,2,14,19-20H2,1H3/b15-9+. The Hall–Kier alpha value is -3.53. The summed E-state index contributed by atoms with van der Waals surface area (Å²) in [6.07, 6.45) is 3.81. The molecule has 0 bridgehead atoms. The van der Waals surface area contributed by atoms with Gasteiger partial charge in [-0.2, -0.15) is 0 Å². The number of allylic oxidation sites excluding steroid dienone is 1. The Morgan fingerprint density at radius 3 is 1.80 bits per heavy atom. The van der Waals surface area contributed by atoms with Crippen LogP contribution in [0.1, 0.15) is 23.6 Å². The number of hydrogen-bond donors (Lipinski definition) is 0. The van der Waals surface area contributed by atoms with E-state index in [9.17, 15) is 4.79 Å². The molecule has 0 radical (unpaired) electrons. The lowest BCUT2D eigenvalue weighted by molar-refractivity contribution is -0.137. The Balaban J connectivity index is 1.71. The van der Waals surface area contributed by atoms with Crippen LogP contribution in [-0.4, -0.2) is 12.6 Å². The molecule has 0 N–H and O–H groups in total. The second-order valence-corrected chi connectivity index (χ2v) is 6.72. The summed E-state index contributed by atoms with van der Waals surface area (Å²) in [4.78, 5) is 11.5.